The number of hydrogen-bond donors (Lipinski definition) is 1. The number of nitrogens with zero attached hydrogens (tertiary/aromatic N) is 3. The molecule has 0 atom stereocenters. The molecule has 1 N–H and O–H groups in total. The first-order valence-electron chi connectivity index (χ1n) is 5.95. The fourth-order valence-corrected chi connectivity index (χ4v) is 1.67. The molecule has 0 radical (unpaired) electrons. The molecule has 0 fully saturated rings. The maximum atomic E-state index is 13.1. The van der Waals surface area contributed by atoms with Crippen LogP contribution in [0.4, 0.5) is 4.39 Å². The minimum absolute atomic E-state index is 0.0268. The largest absolute Gasteiger partial charge is 0.350 e. The molecule has 0 saturated heterocycles. The zero-order valence-corrected chi connectivity index (χ0v) is 10.8. The smallest absolute Gasteiger partial charge is 0.242 e. The summed E-state index contributed by atoms with van der Waals surface area (Å²) in [6.45, 7) is 1.94. The van der Waals surface area contributed by atoms with Gasteiger partial charge in [0, 0.05) is 6.54 Å². The lowest BCUT2D eigenvalue weighted by Crippen LogP contribution is -2.27. The summed E-state index contributed by atoms with van der Waals surface area (Å²) in [7, 11) is 0. The monoisotopic (exact) mass is 276 g/mol. The number of amides is 1. The number of hydrogen-bond acceptors (Lipinski definition) is 4. The molecule has 6 nitrogen and oxygen atoms in total. The number of rotatable bonds is 5. The molecule has 0 saturated carbocycles. The highest BCUT2D eigenvalue weighted by atomic mass is 19.1. The van der Waals surface area contributed by atoms with E-state index in [0.29, 0.717) is 18.4 Å². The lowest BCUT2D eigenvalue weighted by Gasteiger charge is -2.06. The minimum atomic E-state index is -0.274. The third-order valence-corrected chi connectivity index (χ3v) is 2.69. The third kappa shape index (κ3) is 3.47. The van der Waals surface area contributed by atoms with Gasteiger partial charge in [-0.3, -0.25) is 9.59 Å². The van der Waals surface area contributed by atoms with Gasteiger partial charge in [0.05, 0.1) is 6.20 Å². The predicted octanol–water partition coefficient (Wildman–Crippen LogP) is 0.855. The summed E-state index contributed by atoms with van der Waals surface area (Å²) in [6.07, 6.45) is 1.94. The third-order valence-electron chi connectivity index (χ3n) is 2.69. The second-order valence-electron chi connectivity index (χ2n) is 4.32. The van der Waals surface area contributed by atoms with Crippen LogP contribution < -0.4 is 5.32 Å². The molecule has 0 spiro atoms. The molecule has 1 aromatic heterocycles. The van der Waals surface area contributed by atoms with Crippen LogP contribution in [0.25, 0.3) is 0 Å². The summed E-state index contributed by atoms with van der Waals surface area (Å²) in [4.78, 5) is 22.1. The Balaban J connectivity index is 1.88. The van der Waals surface area contributed by atoms with Crippen molar-refractivity contribution in [3.8, 4) is 0 Å². The van der Waals surface area contributed by atoms with Gasteiger partial charge in [0.25, 0.3) is 0 Å². The van der Waals surface area contributed by atoms with Crippen molar-refractivity contribution >= 4 is 12.2 Å². The summed E-state index contributed by atoms with van der Waals surface area (Å²) in [6, 6.07) is 4.66. The van der Waals surface area contributed by atoms with Gasteiger partial charge < -0.3 is 5.32 Å². The van der Waals surface area contributed by atoms with Crippen molar-refractivity contribution in [1.29, 1.82) is 0 Å². The second kappa shape index (κ2) is 6.05. The first-order chi connectivity index (χ1) is 9.58. The van der Waals surface area contributed by atoms with Crippen molar-refractivity contribution in [2.24, 2.45) is 0 Å². The molecule has 1 amide bonds. The van der Waals surface area contributed by atoms with Crippen LogP contribution >= 0.6 is 0 Å². The van der Waals surface area contributed by atoms with Crippen LogP contribution in [0.3, 0.4) is 0 Å². The van der Waals surface area contributed by atoms with Gasteiger partial charge in [0.15, 0.2) is 6.29 Å². The Morgan fingerprint density at radius 3 is 2.95 bits per heavy atom. The van der Waals surface area contributed by atoms with Crippen molar-refractivity contribution in [2.75, 3.05) is 0 Å². The number of aromatic nitrogens is 3. The Morgan fingerprint density at radius 2 is 2.30 bits per heavy atom. The van der Waals surface area contributed by atoms with E-state index in [1.54, 1.807) is 19.1 Å². The molecule has 1 aromatic carbocycles. The number of carbonyl (C=O) groups excluding carboxylic acids is 2. The molecule has 2 rings (SSSR count). The number of aldehydes is 1. The van der Waals surface area contributed by atoms with E-state index in [0.717, 1.165) is 5.56 Å². The number of carbonyl (C=O) groups is 2. The van der Waals surface area contributed by atoms with E-state index in [2.05, 4.69) is 15.6 Å². The number of nitrogens with one attached hydrogen (secondary N) is 1. The molecule has 0 bridgehead atoms. The SMILES string of the molecule is Cc1cc(CNC(=O)Cn2cc(C=O)nn2)ccc1F. The second-order valence-corrected chi connectivity index (χ2v) is 4.32. The summed E-state index contributed by atoms with van der Waals surface area (Å²) in [5.74, 6) is -0.543. The summed E-state index contributed by atoms with van der Waals surface area (Å²) < 4.78 is 14.4. The summed E-state index contributed by atoms with van der Waals surface area (Å²) >= 11 is 0. The first kappa shape index (κ1) is 13.9. The van der Waals surface area contributed by atoms with Crippen molar-refractivity contribution < 1.29 is 14.0 Å². The zero-order chi connectivity index (χ0) is 14.5. The molecule has 0 aliphatic rings. The quantitative estimate of drug-likeness (QED) is 0.821. The van der Waals surface area contributed by atoms with Crippen LogP contribution in [0.5, 0.6) is 0 Å². The van der Waals surface area contributed by atoms with Gasteiger partial charge in [-0.05, 0) is 24.1 Å². The molecule has 0 unspecified atom stereocenters. The Morgan fingerprint density at radius 1 is 1.50 bits per heavy atom. The average molecular weight is 276 g/mol. The van der Waals surface area contributed by atoms with E-state index >= 15 is 0 Å². The maximum Gasteiger partial charge on any atom is 0.242 e. The fourth-order valence-electron chi connectivity index (χ4n) is 1.67. The van der Waals surface area contributed by atoms with E-state index in [4.69, 9.17) is 0 Å². The van der Waals surface area contributed by atoms with Crippen LogP contribution in [-0.2, 0) is 17.9 Å². The number of halogens is 1. The van der Waals surface area contributed by atoms with Gasteiger partial charge in [-0.25, -0.2) is 9.07 Å². The highest BCUT2D eigenvalue weighted by Crippen LogP contribution is 2.08. The Kier molecular flexibility index (Phi) is 4.19. The number of benzene rings is 1. The van der Waals surface area contributed by atoms with E-state index in [9.17, 15) is 14.0 Å². The zero-order valence-electron chi connectivity index (χ0n) is 10.8. The number of aryl methyl sites for hydroxylation is 1. The molecule has 20 heavy (non-hydrogen) atoms. The predicted molar refractivity (Wildman–Crippen MR) is 68.4 cm³/mol. The standard InChI is InChI=1S/C13H13FN4O2/c1-9-4-10(2-3-12(9)14)5-15-13(20)7-18-6-11(8-19)16-17-18/h2-4,6,8H,5,7H2,1H3,(H,15,20). The van der Waals surface area contributed by atoms with Crippen molar-refractivity contribution in [3.05, 3.63) is 47.0 Å². The Bertz CT molecular complexity index is 639. The van der Waals surface area contributed by atoms with Crippen LogP contribution in [0.2, 0.25) is 0 Å². The van der Waals surface area contributed by atoms with Crippen LogP contribution in [0, 0.1) is 12.7 Å². The maximum absolute atomic E-state index is 13.1. The molecular formula is C13H13FN4O2. The first-order valence-corrected chi connectivity index (χ1v) is 5.95. The molecular weight excluding hydrogens is 263 g/mol. The highest BCUT2D eigenvalue weighted by molar-refractivity contribution is 5.76. The van der Waals surface area contributed by atoms with Crippen molar-refractivity contribution in [2.45, 2.75) is 20.0 Å². The fraction of sp³-hybridized carbons (Fsp3) is 0.231. The van der Waals surface area contributed by atoms with Gasteiger partial charge in [-0.15, -0.1) is 5.10 Å². The lowest BCUT2D eigenvalue weighted by atomic mass is 10.1. The van der Waals surface area contributed by atoms with Crippen molar-refractivity contribution in [1.82, 2.24) is 20.3 Å². The lowest BCUT2D eigenvalue weighted by molar-refractivity contribution is -0.122. The van der Waals surface area contributed by atoms with Gasteiger partial charge in [-0.1, -0.05) is 17.3 Å². The normalized spacial score (nSPS) is 10.3. The summed E-state index contributed by atoms with van der Waals surface area (Å²) in [5, 5.41) is 9.87. The molecule has 1 heterocycles. The molecule has 104 valence electrons. The molecule has 0 aliphatic carbocycles. The van der Waals surface area contributed by atoms with E-state index in [1.807, 2.05) is 0 Å². The topological polar surface area (TPSA) is 76.9 Å². The van der Waals surface area contributed by atoms with Crippen LogP contribution in [-0.4, -0.2) is 27.2 Å². The van der Waals surface area contributed by atoms with E-state index in [-0.39, 0.29) is 24.0 Å². The average Bonchev–Trinajstić information content (AvgIpc) is 2.88. The van der Waals surface area contributed by atoms with E-state index in [1.165, 1.54) is 16.9 Å². The van der Waals surface area contributed by atoms with Gasteiger partial charge >= 0.3 is 0 Å². The van der Waals surface area contributed by atoms with Gasteiger partial charge in [0.1, 0.15) is 18.1 Å². The van der Waals surface area contributed by atoms with Crippen molar-refractivity contribution in [3.63, 3.8) is 0 Å². The van der Waals surface area contributed by atoms with Crippen LogP contribution in [0.15, 0.2) is 24.4 Å². The Labute approximate surface area is 114 Å². The molecule has 7 heteroatoms. The Hall–Kier alpha value is -2.57. The van der Waals surface area contributed by atoms with Gasteiger partial charge in [-0.2, -0.15) is 0 Å². The molecule has 2 aromatic rings. The summed E-state index contributed by atoms with van der Waals surface area (Å²) in [5.41, 5.74) is 1.51. The molecule has 0 aliphatic heterocycles. The van der Waals surface area contributed by atoms with E-state index < -0.39 is 0 Å². The van der Waals surface area contributed by atoms with Crippen LogP contribution in [0.1, 0.15) is 21.6 Å². The minimum Gasteiger partial charge on any atom is -0.350 e. The highest BCUT2D eigenvalue weighted by Gasteiger charge is 2.06. The van der Waals surface area contributed by atoms with Gasteiger partial charge in [0.2, 0.25) is 5.91 Å².